The van der Waals surface area contributed by atoms with E-state index in [0.29, 0.717) is 22.5 Å². The smallest absolute Gasteiger partial charge is 0.341 e. The summed E-state index contributed by atoms with van der Waals surface area (Å²) in [4.78, 5) is 25.8. The first-order valence-electron chi connectivity index (χ1n) is 9.53. The van der Waals surface area contributed by atoms with Gasteiger partial charge in [-0.05, 0) is 43.4 Å². The molecular formula is C20H19N3O6S2. The molecule has 3 aromatic rings. The molecule has 11 heteroatoms. The summed E-state index contributed by atoms with van der Waals surface area (Å²) in [7, 11) is -2.90. The molecule has 0 saturated carbocycles. The average Bonchev–Trinajstić information content (AvgIpc) is 3.39. The Bertz CT molecular complexity index is 1230. The van der Waals surface area contributed by atoms with Crippen LogP contribution in [0.15, 0.2) is 40.0 Å². The molecule has 1 aromatic carbocycles. The van der Waals surface area contributed by atoms with Crippen LogP contribution in [0.4, 0.5) is 5.00 Å². The quantitative estimate of drug-likeness (QED) is 0.555. The molecule has 9 nitrogen and oxygen atoms in total. The number of esters is 1. The SMILES string of the molecule is COC(=O)c1c(NC(=O)CS(=O)(=O)c2nnc(-c3ccccc3)o2)sc2c1CCCC2. The van der Waals surface area contributed by atoms with Gasteiger partial charge in [-0.1, -0.05) is 23.3 Å². The van der Waals surface area contributed by atoms with Crippen LogP contribution in [-0.4, -0.2) is 43.4 Å². The predicted molar refractivity (Wildman–Crippen MR) is 113 cm³/mol. The number of methoxy groups -OCH3 is 1. The normalized spacial score (nSPS) is 13.5. The van der Waals surface area contributed by atoms with Gasteiger partial charge in [-0.3, -0.25) is 4.79 Å². The van der Waals surface area contributed by atoms with Crippen LogP contribution < -0.4 is 5.32 Å². The predicted octanol–water partition coefficient (Wildman–Crippen LogP) is 2.88. The van der Waals surface area contributed by atoms with Crippen molar-refractivity contribution in [2.24, 2.45) is 0 Å². The van der Waals surface area contributed by atoms with E-state index in [-0.39, 0.29) is 5.89 Å². The van der Waals surface area contributed by atoms with E-state index >= 15 is 0 Å². The van der Waals surface area contributed by atoms with E-state index < -0.39 is 32.7 Å². The first kappa shape index (κ1) is 21.2. The maximum Gasteiger partial charge on any atom is 0.341 e. The largest absolute Gasteiger partial charge is 0.465 e. The molecule has 0 atom stereocenters. The van der Waals surface area contributed by atoms with Gasteiger partial charge in [0.25, 0.3) is 0 Å². The zero-order valence-corrected chi connectivity index (χ0v) is 18.2. The fourth-order valence-corrected chi connectivity index (χ4v) is 5.61. The molecule has 0 aliphatic heterocycles. The minimum absolute atomic E-state index is 0.0403. The molecule has 0 spiro atoms. The van der Waals surface area contributed by atoms with Crippen LogP contribution in [0.3, 0.4) is 0 Å². The Morgan fingerprint density at radius 1 is 1.16 bits per heavy atom. The molecular weight excluding hydrogens is 442 g/mol. The molecule has 0 radical (unpaired) electrons. The van der Waals surface area contributed by atoms with Gasteiger partial charge in [0, 0.05) is 10.4 Å². The lowest BCUT2D eigenvalue weighted by Gasteiger charge is -2.11. The number of aryl methyl sites for hydroxylation is 1. The Morgan fingerprint density at radius 2 is 1.90 bits per heavy atom. The second-order valence-electron chi connectivity index (χ2n) is 6.95. The van der Waals surface area contributed by atoms with Gasteiger partial charge in [0.05, 0.1) is 12.7 Å². The number of thiophene rings is 1. The van der Waals surface area contributed by atoms with Crippen molar-refractivity contribution in [2.45, 2.75) is 30.9 Å². The van der Waals surface area contributed by atoms with E-state index in [1.807, 2.05) is 0 Å². The molecule has 1 aliphatic rings. The number of hydrogen-bond acceptors (Lipinski definition) is 9. The monoisotopic (exact) mass is 461 g/mol. The fourth-order valence-electron chi connectivity index (χ4n) is 3.40. The third kappa shape index (κ3) is 4.37. The van der Waals surface area contributed by atoms with Gasteiger partial charge in [-0.2, -0.15) is 0 Å². The lowest BCUT2D eigenvalue weighted by atomic mass is 9.95. The Kier molecular flexibility index (Phi) is 5.88. The van der Waals surface area contributed by atoms with Crippen LogP contribution in [0.25, 0.3) is 11.5 Å². The Morgan fingerprint density at radius 3 is 2.65 bits per heavy atom. The number of carbonyl (C=O) groups excluding carboxylic acids is 2. The summed E-state index contributed by atoms with van der Waals surface area (Å²) in [6.45, 7) is 0. The minimum atomic E-state index is -4.17. The van der Waals surface area contributed by atoms with Gasteiger partial charge < -0.3 is 14.5 Å². The second-order valence-corrected chi connectivity index (χ2v) is 9.93. The number of hydrogen-bond donors (Lipinski definition) is 1. The molecule has 0 bridgehead atoms. The number of ether oxygens (including phenoxy) is 1. The number of benzene rings is 1. The van der Waals surface area contributed by atoms with Gasteiger partial charge in [-0.15, -0.1) is 16.4 Å². The Balaban J connectivity index is 1.53. The summed E-state index contributed by atoms with van der Waals surface area (Å²) < 4.78 is 35.3. The number of carbonyl (C=O) groups is 2. The molecule has 2 aromatic heterocycles. The van der Waals surface area contributed by atoms with Crippen LogP contribution in [0.2, 0.25) is 0 Å². The molecule has 0 fully saturated rings. The first-order chi connectivity index (χ1) is 14.9. The molecule has 162 valence electrons. The molecule has 1 aliphatic carbocycles. The minimum Gasteiger partial charge on any atom is -0.465 e. The third-order valence-corrected chi connectivity index (χ3v) is 7.37. The van der Waals surface area contributed by atoms with E-state index in [1.165, 1.54) is 18.4 Å². The van der Waals surface area contributed by atoms with Gasteiger partial charge >= 0.3 is 11.2 Å². The summed E-state index contributed by atoms with van der Waals surface area (Å²) >= 11 is 1.28. The summed E-state index contributed by atoms with van der Waals surface area (Å²) in [6.07, 6.45) is 3.46. The molecule has 4 rings (SSSR count). The highest BCUT2D eigenvalue weighted by Gasteiger charge is 2.30. The number of fused-ring (bicyclic) bond motifs is 1. The Labute approximate surface area is 182 Å². The fraction of sp³-hybridized carbons (Fsp3) is 0.300. The highest BCUT2D eigenvalue weighted by Crippen LogP contribution is 2.38. The number of anilines is 1. The van der Waals surface area contributed by atoms with Crippen molar-refractivity contribution >= 4 is 38.1 Å². The van der Waals surface area contributed by atoms with Crippen molar-refractivity contribution in [1.82, 2.24) is 10.2 Å². The maximum atomic E-state index is 12.6. The van der Waals surface area contributed by atoms with Crippen LogP contribution in [0, 0.1) is 0 Å². The van der Waals surface area contributed by atoms with Crippen molar-refractivity contribution in [3.8, 4) is 11.5 Å². The highest BCUT2D eigenvalue weighted by atomic mass is 32.2. The maximum absolute atomic E-state index is 12.6. The Hall–Kier alpha value is -3.05. The van der Waals surface area contributed by atoms with E-state index in [4.69, 9.17) is 9.15 Å². The number of nitrogens with one attached hydrogen (secondary N) is 1. The van der Waals surface area contributed by atoms with E-state index in [2.05, 4.69) is 15.5 Å². The van der Waals surface area contributed by atoms with Gasteiger partial charge in [0.1, 0.15) is 10.8 Å². The number of sulfone groups is 1. The zero-order chi connectivity index (χ0) is 22.0. The van der Waals surface area contributed by atoms with E-state index in [9.17, 15) is 18.0 Å². The zero-order valence-electron chi connectivity index (χ0n) is 16.6. The number of nitrogens with zero attached hydrogens (tertiary/aromatic N) is 2. The first-order valence-corrected chi connectivity index (χ1v) is 12.0. The van der Waals surface area contributed by atoms with Gasteiger partial charge in [0.15, 0.2) is 0 Å². The van der Waals surface area contributed by atoms with Crippen molar-refractivity contribution in [3.63, 3.8) is 0 Å². The molecule has 31 heavy (non-hydrogen) atoms. The van der Waals surface area contributed by atoms with Crippen molar-refractivity contribution in [2.75, 3.05) is 18.2 Å². The van der Waals surface area contributed by atoms with Crippen molar-refractivity contribution in [1.29, 1.82) is 0 Å². The summed E-state index contributed by atoms with van der Waals surface area (Å²) in [5, 5.41) is 9.55. The summed E-state index contributed by atoms with van der Waals surface area (Å²) in [6, 6.07) is 8.70. The van der Waals surface area contributed by atoms with Crippen LogP contribution in [0.5, 0.6) is 0 Å². The lowest BCUT2D eigenvalue weighted by Crippen LogP contribution is -2.24. The van der Waals surface area contributed by atoms with Crippen LogP contribution >= 0.6 is 11.3 Å². The molecule has 1 N–H and O–H groups in total. The van der Waals surface area contributed by atoms with Crippen LogP contribution in [-0.2, 0) is 32.2 Å². The molecule has 1 amide bonds. The molecule has 0 unspecified atom stereocenters. The summed E-state index contributed by atoms with van der Waals surface area (Å²) in [5.41, 5.74) is 1.73. The lowest BCUT2D eigenvalue weighted by molar-refractivity contribution is -0.113. The summed E-state index contributed by atoms with van der Waals surface area (Å²) in [5.74, 6) is -2.21. The van der Waals surface area contributed by atoms with Crippen molar-refractivity contribution in [3.05, 3.63) is 46.3 Å². The van der Waals surface area contributed by atoms with E-state index in [1.54, 1.807) is 30.3 Å². The number of rotatable bonds is 6. The topological polar surface area (TPSA) is 128 Å². The van der Waals surface area contributed by atoms with Crippen LogP contribution in [0.1, 0.15) is 33.6 Å². The molecule has 0 saturated heterocycles. The highest BCUT2D eigenvalue weighted by molar-refractivity contribution is 7.91. The second kappa shape index (κ2) is 8.60. The van der Waals surface area contributed by atoms with Gasteiger partial charge in [0.2, 0.25) is 21.6 Å². The number of aromatic nitrogens is 2. The standard InChI is InChI=1S/C20H19N3O6S2/c1-28-19(25)16-13-9-5-6-10-14(13)30-18(16)21-15(24)11-31(26,27)20-23-22-17(29-20)12-7-3-2-4-8-12/h2-4,7-8H,5-6,9-11H2,1H3,(H,21,24). The average molecular weight is 462 g/mol. The third-order valence-electron chi connectivity index (χ3n) is 4.83. The number of amides is 1. The molecule has 2 heterocycles. The van der Waals surface area contributed by atoms with Crippen molar-refractivity contribution < 1.29 is 27.2 Å². The van der Waals surface area contributed by atoms with E-state index in [0.717, 1.165) is 29.7 Å². The van der Waals surface area contributed by atoms with Gasteiger partial charge in [-0.25, -0.2) is 13.2 Å².